The Kier molecular flexibility index (Phi) is 4.87. The SMILES string of the molecule is CCNS(=O)(=O)c1ccc(NCc2cnc(C)cn2)cc1. The number of sulfonamides is 1. The molecule has 0 aliphatic heterocycles. The van der Waals surface area contributed by atoms with E-state index in [1.165, 1.54) is 0 Å². The monoisotopic (exact) mass is 306 g/mol. The molecule has 1 heterocycles. The zero-order chi connectivity index (χ0) is 15.3. The van der Waals surface area contributed by atoms with Gasteiger partial charge in [-0.2, -0.15) is 0 Å². The fraction of sp³-hybridized carbons (Fsp3) is 0.286. The van der Waals surface area contributed by atoms with Crippen LogP contribution in [-0.4, -0.2) is 24.9 Å². The summed E-state index contributed by atoms with van der Waals surface area (Å²) in [6, 6.07) is 6.60. The maximum Gasteiger partial charge on any atom is 0.240 e. The van der Waals surface area contributed by atoms with Crippen molar-refractivity contribution in [1.82, 2.24) is 14.7 Å². The van der Waals surface area contributed by atoms with E-state index in [1.807, 2.05) is 6.92 Å². The first-order chi connectivity index (χ1) is 10.0. The zero-order valence-corrected chi connectivity index (χ0v) is 12.8. The van der Waals surface area contributed by atoms with Crippen molar-refractivity contribution in [3.8, 4) is 0 Å². The molecule has 2 aromatic rings. The highest BCUT2D eigenvalue weighted by molar-refractivity contribution is 7.89. The van der Waals surface area contributed by atoms with Gasteiger partial charge in [0, 0.05) is 18.4 Å². The summed E-state index contributed by atoms with van der Waals surface area (Å²) >= 11 is 0. The third kappa shape index (κ3) is 4.24. The summed E-state index contributed by atoms with van der Waals surface area (Å²) in [6.07, 6.45) is 3.43. The summed E-state index contributed by atoms with van der Waals surface area (Å²) in [7, 11) is -3.40. The first kappa shape index (κ1) is 15.4. The molecule has 112 valence electrons. The summed E-state index contributed by atoms with van der Waals surface area (Å²) in [6.45, 7) is 4.53. The number of hydrogen-bond acceptors (Lipinski definition) is 5. The smallest absolute Gasteiger partial charge is 0.240 e. The van der Waals surface area contributed by atoms with Crippen molar-refractivity contribution in [2.75, 3.05) is 11.9 Å². The summed E-state index contributed by atoms with van der Waals surface area (Å²) in [5.41, 5.74) is 2.52. The lowest BCUT2D eigenvalue weighted by atomic mass is 10.3. The highest BCUT2D eigenvalue weighted by Crippen LogP contribution is 2.14. The minimum atomic E-state index is -3.40. The van der Waals surface area contributed by atoms with Gasteiger partial charge in [0.05, 0.1) is 29.0 Å². The van der Waals surface area contributed by atoms with Crippen LogP contribution in [0.5, 0.6) is 0 Å². The standard InChI is InChI=1S/C14H18N4O2S/c1-3-18-21(19,20)14-6-4-12(5-7-14)17-10-13-9-15-11(2)8-16-13/h4-9,17-18H,3,10H2,1-2H3. The molecule has 0 bridgehead atoms. The van der Waals surface area contributed by atoms with Gasteiger partial charge in [-0.3, -0.25) is 9.97 Å². The molecule has 0 amide bonds. The molecular formula is C14H18N4O2S. The van der Waals surface area contributed by atoms with Gasteiger partial charge in [0.1, 0.15) is 0 Å². The Balaban J connectivity index is 2.01. The first-order valence-corrected chi connectivity index (χ1v) is 8.10. The molecule has 0 saturated carbocycles. The summed E-state index contributed by atoms with van der Waals surface area (Å²) in [5.74, 6) is 0. The van der Waals surface area contributed by atoms with Gasteiger partial charge < -0.3 is 5.32 Å². The van der Waals surface area contributed by atoms with E-state index >= 15 is 0 Å². The molecule has 0 unspecified atom stereocenters. The van der Waals surface area contributed by atoms with Gasteiger partial charge in [-0.1, -0.05) is 6.92 Å². The average Bonchev–Trinajstić information content (AvgIpc) is 2.47. The Hall–Kier alpha value is -1.99. The molecule has 0 aliphatic carbocycles. The van der Waals surface area contributed by atoms with Crippen LogP contribution in [0, 0.1) is 6.92 Å². The fourth-order valence-electron chi connectivity index (χ4n) is 1.73. The largest absolute Gasteiger partial charge is 0.379 e. The summed E-state index contributed by atoms with van der Waals surface area (Å²) in [5, 5.41) is 3.17. The molecular weight excluding hydrogens is 288 g/mol. The maximum atomic E-state index is 11.8. The van der Waals surface area contributed by atoms with Gasteiger partial charge in [-0.05, 0) is 31.2 Å². The zero-order valence-electron chi connectivity index (χ0n) is 12.0. The van der Waals surface area contributed by atoms with Crippen LogP contribution in [0.2, 0.25) is 0 Å². The number of rotatable bonds is 6. The van der Waals surface area contributed by atoms with Crippen molar-refractivity contribution in [3.05, 3.63) is 48.0 Å². The van der Waals surface area contributed by atoms with Gasteiger partial charge in [0.15, 0.2) is 0 Å². The quantitative estimate of drug-likeness (QED) is 0.848. The predicted molar refractivity (Wildman–Crippen MR) is 81.4 cm³/mol. The van der Waals surface area contributed by atoms with Crippen molar-refractivity contribution in [2.45, 2.75) is 25.3 Å². The van der Waals surface area contributed by atoms with Gasteiger partial charge in [0.2, 0.25) is 10.0 Å². The molecule has 0 fully saturated rings. The van der Waals surface area contributed by atoms with Crippen LogP contribution in [0.25, 0.3) is 0 Å². The lowest BCUT2D eigenvalue weighted by Gasteiger charge is -2.08. The topological polar surface area (TPSA) is 84.0 Å². The van der Waals surface area contributed by atoms with E-state index in [0.717, 1.165) is 17.1 Å². The number of nitrogens with one attached hydrogen (secondary N) is 2. The molecule has 0 atom stereocenters. The van der Waals surface area contributed by atoms with Crippen molar-refractivity contribution in [1.29, 1.82) is 0 Å². The lowest BCUT2D eigenvalue weighted by molar-refractivity contribution is 0.584. The Morgan fingerprint density at radius 2 is 1.81 bits per heavy atom. The van der Waals surface area contributed by atoms with E-state index in [2.05, 4.69) is 20.0 Å². The summed E-state index contributed by atoms with van der Waals surface area (Å²) in [4.78, 5) is 8.67. The molecule has 7 heteroatoms. The van der Waals surface area contributed by atoms with Crippen molar-refractivity contribution < 1.29 is 8.42 Å². The molecule has 2 rings (SSSR count). The molecule has 0 radical (unpaired) electrons. The average molecular weight is 306 g/mol. The molecule has 1 aromatic carbocycles. The Labute approximate surface area is 124 Å². The Morgan fingerprint density at radius 3 is 2.38 bits per heavy atom. The second kappa shape index (κ2) is 6.64. The number of aromatic nitrogens is 2. The van der Waals surface area contributed by atoms with E-state index in [-0.39, 0.29) is 4.90 Å². The van der Waals surface area contributed by atoms with E-state index in [9.17, 15) is 8.42 Å². The molecule has 6 nitrogen and oxygen atoms in total. The van der Waals surface area contributed by atoms with Crippen LogP contribution in [-0.2, 0) is 16.6 Å². The van der Waals surface area contributed by atoms with Crippen molar-refractivity contribution in [3.63, 3.8) is 0 Å². The van der Waals surface area contributed by atoms with Crippen molar-refractivity contribution >= 4 is 15.7 Å². The Morgan fingerprint density at radius 1 is 1.10 bits per heavy atom. The van der Waals surface area contributed by atoms with E-state index < -0.39 is 10.0 Å². The highest BCUT2D eigenvalue weighted by atomic mass is 32.2. The maximum absolute atomic E-state index is 11.8. The van der Waals surface area contributed by atoms with E-state index in [4.69, 9.17) is 0 Å². The normalized spacial score (nSPS) is 11.3. The molecule has 2 N–H and O–H groups in total. The molecule has 0 saturated heterocycles. The van der Waals surface area contributed by atoms with Crippen LogP contribution >= 0.6 is 0 Å². The molecule has 0 aliphatic rings. The van der Waals surface area contributed by atoms with Gasteiger partial charge in [-0.15, -0.1) is 0 Å². The number of benzene rings is 1. The van der Waals surface area contributed by atoms with Crippen LogP contribution in [0.15, 0.2) is 41.6 Å². The van der Waals surface area contributed by atoms with Crippen LogP contribution in [0.4, 0.5) is 5.69 Å². The second-order valence-electron chi connectivity index (χ2n) is 4.53. The van der Waals surface area contributed by atoms with Crippen molar-refractivity contribution in [2.24, 2.45) is 0 Å². The number of hydrogen-bond donors (Lipinski definition) is 2. The van der Waals surface area contributed by atoms with Gasteiger partial charge in [-0.25, -0.2) is 13.1 Å². The highest BCUT2D eigenvalue weighted by Gasteiger charge is 2.11. The van der Waals surface area contributed by atoms with E-state index in [1.54, 1.807) is 43.6 Å². The second-order valence-corrected chi connectivity index (χ2v) is 6.30. The molecule has 0 spiro atoms. The first-order valence-electron chi connectivity index (χ1n) is 6.62. The third-order valence-electron chi connectivity index (χ3n) is 2.81. The third-order valence-corrected chi connectivity index (χ3v) is 4.37. The predicted octanol–water partition coefficient (Wildman–Crippen LogP) is 1.70. The number of anilines is 1. The van der Waals surface area contributed by atoms with Gasteiger partial charge >= 0.3 is 0 Å². The minimum absolute atomic E-state index is 0.255. The Bertz CT molecular complexity index is 682. The minimum Gasteiger partial charge on any atom is -0.379 e. The van der Waals surface area contributed by atoms with Crippen LogP contribution in [0.3, 0.4) is 0 Å². The fourth-order valence-corrected chi connectivity index (χ4v) is 2.77. The lowest BCUT2D eigenvalue weighted by Crippen LogP contribution is -2.23. The van der Waals surface area contributed by atoms with Crippen LogP contribution in [0.1, 0.15) is 18.3 Å². The number of aryl methyl sites for hydroxylation is 1. The number of nitrogens with zero attached hydrogens (tertiary/aromatic N) is 2. The molecule has 21 heavy (non-hydrogen) atoms. The summed E-state index contributed by atoms with van der Waals surface area (Å²) < 4.78 is 26.1. The van der Waals surface area contributed by atoms with Gasteiger partial charge in [0.25, 0.3) is 0 Å². The molecule has 1 aromatic heterocycles. The van der Waals surface area contributed by atoms with Crippen LogP contribution < -0.4 is 10.0 Å². The van der Waals surface area contributed by atoms with E-state index in [0.29, 0.717) is 13.1 Å².